The van der Waals surface area contributed by atoms with E-state index in [1.54, 1.807) is 12.1 Å². The Labute approximate surface area is 148 Å². The fourth-order valence-corrected chi connectivity index (χ4v) is 3.26. The van der Waals surface area contributed by atoms with E-state index in [1.165, 1.54) is 37.4 Å². The van der Waals surface area contributed by atoms with Gasteiger partial charge in [0.05, 0.1) is 5.56 Å². The second kappa shape index (κ2) is 8.12. The molecule has 132 valence electrons. The van der Waals surface area contributed by atoms with Gasteiger partial charge in [0, 0.05) is 24.8 Å². The van der Waals surface area contributed by atoms with E-state index in [0.717, 1.165) is 24.8 Å². The number of carbonyl (C=O) groups is 1. The van der Waals surface area contributed by atoms with Crippen LogP contribution in [0.5, 0.6) is 11.6 Å². The maximum Gasteiger partial charge on any atom is 0.250 e. The SMILES string of the molecule is CN(CCc1ccc(Oc2ccc(C(N)=O)cn2)cc1)C1CCCC1. The molecule has 3 rings (SSSR count). The maximum atomic E-state index is 11.0. The Hall–Kier alpha value is -2.40. The molecular weight excluding hydrogens is 314 g/mol. The third-order valence-corrected chi connectivity index (χ3v) is 4.87. The Balaban J connectivity index is 1.52. The number of amides is 1. The van der Waals surface area contributed by atoms with E-state index >= 15 is 0 Å². The lowest BCUT2D eigenvalue weighted by molar-refractivity contribution is 0.1000. The summed E-state index contributed by atoms with van der Waals surface area (Å²) >= 11 is 0. The number of nitrogens with zero attached hydrogens (tertiary/aromatic N) is 2. The van der Waals surface area contributed by atoms with Crippen LogP contribution >= 0.6 is 0 Å². The molecule has 1 aliphatic carbocycles. The lowest BCUT2D eigenvalue weighted by Gasteiger charge is -2.23. The van der Waals surface area contributed by atoms with Crippen LogP contribution in [0.4, 0.5) is 0 Å². The van der Waals surface area contributed by atoms with Gasteiger partial charge in [-0.2, -0.15) is 0 Å². The standard InChI is InChI=1S/C20H25N3O2/c1-23(17-4-2-3-5-17)13-12-15-6-9-18(10-7-15)25-19-11-8-16(14-22-19)20(21)24/h6-11,14,17H,2-5,12-13H2,1H3,(H2,21,24). The van der Waals surface area contributed by atoms with Crippen molar-refractivity contribution < 1.29 is 9.53 Å². The number of hydrogen-bond acceptors (Lipinski definition) is 4. The summed E-state index contributed by atoms with van der Waals surface area (Å²) in [6.45, 7) is 1.08. The molecule has 1 fully saturated rings. The Morgan fingerprint density at radius 3 is 2.52 bits per heavy atom. The largest absolute Gasteiger partial charge is 0.439 e. The molecule has 5 heteroatoms. The lowest BCUT2D eigenvalue weighted by Crippen LogP contribution is -2.30. The number of benzene rings is 1. The van der Waals surface area contributed by atoms with Crippen LogP contribution in [0.25, 0.3) is 0 Å². The second-order valence-electron chi connectivity index (χ2n) is 6.66. The van der Waals surface area contributed by atoms with E-state index in [4.69, 9.17) is 10.5 Å². The van der Waals surface area contributed by atoms with Crippen LogP contribution in [-0.2, 0) is 6.42 Å². The zero-order valence-corrected chi connectivity index (χ0v) is 14.6. The van der Waals surface area contributed by atoms with Gasteiger partial charge >= 0.3 is 0 Å². The molecule has 2 aromatic rings. The first kappa shape index (κ1) is 17.4. The van der Waals surface area contributed by atoms with Crippen molar-refractivity contribution in [3.05, 3.63) is 53.7 Å². The van der Waals surface area contributed by atoms with Gasteiger partial charge in [0.25, 0.3) is 0 Å². The van der Waals surface area contributed by atoms with Crippen LogP contribution in [0.3, 0.4) is 0 Å². The summed E-state index contributed by atoms with van der Waals surface area (Å²) in [5.74, 6) is 0.678. The van der Waals surface area contributed by atoms with E-state index < -0.39 is 5.91 Å². The van der Waals surface area contributed by atoms with Crippen molar-refractivity contribution >= 4 is 5.91 Å². The lowest BCUT2D eigenvalue weighted by atomic mass is 10.1. The molecule has 0 radical (unpaired) electrons. The summed E-state index contributed by atoms with van der Waals surface area (Å²) < 4.78 is 5.70. The van der Waals surface area contributed by atoms with E-state index in [2.05, 4.69) is 29.1 Å². The quantitative estimate of drug-likeness (QED) is 0.839. The molecule has 2 N–H and O–H groups in total. The number of carbonyl (C=O) groups excluding carboxylic acids is 1. The zero-order valence-electron chi connectivity index (χ0n) is 14.6. The van der Waals surface area contributed by atoms with Gasteiger partial charge < -0.3 is 15.4 Å². The first-order valence-corrected chi connectivity index (χ1v) is 8.85. The van der Waals surface area contributed by atoms with Crippen molar-refractivity contribution in [2.75, 3.05) is 13.6 Å². The summed E-state index contributed by atoms with van der Waals surface area (Å²) in [6, 6.07) is 12.1. The highest BCUT2D eigenvalue weighted by molar-refractivity contribution is 5.92. The predicted molar refractivity (Wildman–Crippen MR) is 97.9 cm³/mol. The Morgan fingerprint density at radius 1 is 1.20 bits per heavy atom. The van der Waals surface area contributed by atoms with Gasteiger partial charge in [0.2, 0.25) is 11.8 Å². The van der Waals surface area contributed by atoms with Gasteiger partial charge in [0.15, 0.2) is 0 Å². The second-order valence-corrected chi connectivity index (χ2v) is 6.66. The van der Waals surface area contributed by atoms with Gasteiger partial charge in [-0.3, -0.25) is 4.79 Å². The molecule has 1 heterocycles. The van der Waals surface area contributed by atoms with Crippen molar-refractivity contribution in [2.45, 2.75) is 38.1 Å². The van der Waals surface area contributed by atoms with Gasteiger partial charge in [-0.05, 0) is 50.1 Å². The molecule has 1 aliphatic rings. The fourth-order valence-electron chi connectivity index (χ4n) is 3.26. The molecular formula is C20H25N3O2. The summed E-state index contributed by atoms with van der Waals surface area (Å²) in [7, 11) is 2.23. The Kier molecular flexibility index (Phi) is 5.66. The van der Waals surface area contributed by atoms with Crippen LogP contribution in [-0.4, -0.2) is 35.4 Å². The Morgan fingerprint density at radius 2 is 1.92 bits per heavy atom. The highest BCUT2D eigenvalue weighted by atomic mass is 16.5. The Bertz CT molecular complexity index is 692. The number of likely N-dealkylation sites (N-methyl/N-ethyl adjacent to an activating group) is 1. The van der Waals surface area contributed by atoms with E-state index in [0.29, 0.717) is 11.4 Å². The van der Waals surface area contributed by atoms with Crippen molar-refractivity contribution in [3.63, 3.8) is 0 Å². The third-order valence-electron chi connectivity index (χ3n) is 4.87. The van der Waals surface area contributed by atoms with Crippen molar-refractivity contribution in [1.82, 2.24) is 9.88 Å². The molecule has 0 atom stereocenters. The smallest absolute Gasteiger partial charge is 0.250 e. The number of ether oxygens (including phenoxy) is 1. The molecule has 0 saturated heterocycles. The van der Waals surface area contributed by atoms with Crippen LogP contribution in [0.2, 0.25) is 0 Å². The number of rotatable bonds is 7. The van der Waals surface area contributed by atoms with Crippen LogP contribution in [0.1, 0.15) is 41.6 Å². The molecule has 0 aliphatic heterocycles. The van der Waals surface area contributed by atoms with E-state index in [1.807, 2.05) is 12.1 Å². The van der Waals surface area contributed by atoms with Crippen LogP contribution < -0.4 is 10.5 Å². The molecule has 25 heavy (non-hydrogen) atoms. The fraction of sp³-hybridized carbons (Fsp3) is 0.400. The minimum atomic E-state index is -0.494. The average molecular weight is 339 g/mol. The number of primary amides is 1. The van der Waals surface area contributed by atoms with Crippen LogP contribution in [0, 0.1) is 0 Å². The minimum Gasteiger partial charge on any atom is -0.439 e. The molecule has 0 spiro atoms. The van der Waals surface area contributed by atoms with Gasteiger partial charge in [-0.1, -0.05) is 25.0 Å². The summed E-state index contributed by atoms with van der Waals surface area (Å²) in [5.41, 5.74) is 6.87. The first-order valence-electron chi connectivity index (χ1n) is 8.85. The van der Waals surface area contributed by atoms with E-state index in [-0.39, 0.29) is 0 Å². The minimum absolute atomic E-state index is 0.370. The summed E-state index contributed by atoms with van der Waals surface area (Å²) in [6.07, 6.45) is 7.88. The third kappa shape index (κ3) is 4.79. The molecule has 1 saturated carbocycles. The van der Waals surface area contributed by atoms with E-state index in [9.17, 15) is 4.79 Å². The zero-order chi connectivity index (χ0) is 17.6. The van der Waals surface area contributed by atoms with Crippen LogP contribution in [0.15, 0.2) is 42.6 Å². The van der Waals surface area contributed by atoms with Crippen molar-refractivity contribution in [1.29, 1.82) is 0 Å². The van der Waals surface area contributed by atoms with Gasteiger partial charge in [-0.15, -0.1) is 0 Å². The molecule has 1 amide bonds. The number of aromatic nitrogens is 1. The molecule has 0 unspecified atom stereocenters. The normalized spacial score (nSPS) is 14.8. The molecule has 1 aromatic carbocycles. The highest BCUT2D eigenvalue weighted by Gasteiger charge is 2.18. The van der Waals surface area contributed by atoms with Gasteiger partial charge in [-0.25, -0.2) is 4.98 Å². The van der Waals surface area contributed by atoms with Crippen molar-refractivity contribution in [2.24, 2.45) is 5.73 Å². The molecule has 5 nitrogen and oxygen atoms in total. The number of nitrogens with two attached hydrogens (primary N) is 1. The number of hydrogen-bond donors (Lipinski definition) is 1. The molecule has 0 bridgehead atoms. The maximum absolute atomic E-state index is 11.0. The topological polar surface area (TPSA) is 68.5 Å². The first-order chi connectivity index (χ1) is 12.1. The monoisotopic (exact) mass is 339 g/mol. The summed E-state index contributed by atoms with van der Waals surface area (Å²) in [5, 5.41) is 0. The number of pyridine rings is 1. The predicted octanol–water partition coefficient (Wildman–Crippen LogP) is 3.39. The van der Waals surface area contributed by atoms with Crippen molar-refractivity contribution in [3.8, 4) is 11.6 Å². The molecule has 1 aromatic heterocycles. The average Bonchev–Trinajstić information content (AvgIpc) is 3.16. The highest BCUT2D eigenvalue weighted by Crippen LogP contribution is 2.23. The van der Waals surface area contributed by atoms with Gasteiger partial charge in [0.1, 0.15) is 5.75 Å². The summed E-state index contributed by atoms with van der Waals surface area (Å²) in [4.78, 5) is 17.6.